The second-order valence-electron chi connectivity index (χ2n) is 2.81. The van der Waals surface area contributed by atoms with Crippen LogP contribution in [0.1, 0.15) is 20.3 Å². The van der Waals surface area contributed by atoms with Gasteiger partial charge in [-0.2, -0.15) is 0 Å². The first-order chi connectivity index (χ1) is 5.61. The van der Waals surface area contributed by atoms with E-state index in [1.165, 1.54) is 0 Å². The van der Waals surface area contributed by atoms with Crippen LogP contribution in [-0.4, -0.2) is 41.8 Å². The van der Waals surface area contributed by atoms with Crippen LogP contribution < -0.4 is 0 Å². The predicted molar refractivity (Wildman–Crippen MR) is 44.9 cm³/mol. The molecule has 0 radical (unpaired) electrons. The molecule has 0 saturated heterocycles. The zero-order valence-electron chi connectivity index (χ0n) is 7.59. The normalized spacial score (nSPS) is 13.3. The van der Waals surface area contributed by atoms with E-state index in [1.807, 2.05) is 13.8 Å². The van der Waals surface area contributed by atoms with E-state index < -0.39 is 12.6 Å². The number of hydrogen-bond acceptors (Lipinski definition) is 2. The van der Waals surface area contributed by atoms with Crippen molar-refractivity contribution in [3.8, 4) is 0 Å². The molecule has 0 aliphatic carbocycles. The summed E-state index contributed by atoms with van der Waals surface area (Å²) in [6.07, 6.45) is 0.841. The first-order valence-electron chi connectivity index (χ1n) is 4.13. The van der Waals surface area contributed by atoms with Crippen molar-refractivity contribution < 1.29 is 14.3 Å². The molecule has 0 heterocycles. The lowest BCUT2D eigenvalue weighted by atomic mass is 10.2. The van der Waals surface area contributed by atoms with Crippen LogP contribution in [0.5, 0.6) is 0 Å². The van der Waals surface area contributed by atoms with E-state index in [0.717, 1.165) is 6.42 Å². The summed E-state index contributed by atoms with van der Waals surface area (Å²) in [4.78, 5) is 12.0. The van der Waals surface area contributed by atoms with Gasteiger partial charge in [-0.1, -0.05) is 6.92 Å². The van der Waals surface area contributed by atoms with Gasteiger partial charge in [0.1, 0.15) is 6.67 Å². The van der Waals surface area contributed by atoms with E-state index >= 15 is 0 Å². The second kappa shape index (κ2) is 5.94. The number of alkyl halides is 1. The topological polar surface area (TPSA) is 40.5 Å². The maximum Gasteiger partial charge on any atom is 0.317 e. The first-order valence-corrected chi connectivity index (χ1v) is 4.13. The van der Waals surface area contributed by atoms with Gasteiger partial charge in [0.2, 0.25) is 0 Å². The zero-order chi connectivity index (χ0) is 9.56. The smallest absolute Gasteiger partial charge is 0.317 e. The molecule has 0 aliphatic rings. The molecular weight excluding hydrogens is 161 g/mol. The molecule has 1 unspecified atom stereocenters. The number of halogens is 1. The monoisotopic (exact) mass is 177 g/mol. The SMILES string of the molecule is CCC(C)N(CCF)CC(=O)O. The molecular formula is C8H16FNO2. The fraction of sp³-hybridized carbons (Fsp3) is 0.875. The molecule has 12 heavy (non-hydrogen) atoms. The van der Waals surface area contributed by atoms with Crippen molar-refractivity contribution >= 4 is 5.97 Å². The molecule has 0 aromatic rings. The average Bonchev–Trinajstić information content (AvgIpc) is 2.01. The Morgan fingerprint density at radius 3 is 2.58 bits per heavy atom. The maximum atomic E-state index is 12.0. The number of carbonyl (C=O) groups is 1. The fourth-order valence-electron chi connectivity index (χ4n) is 0.996. The van der Waals surface area contributed by atoms with Crippen molar-refractivity contribution in [1.82, 2.24) is 4.90 Å². The second-order valence-corrected chi connectivity index (χ2v) is 2.81. The predicted octanol–water partition coefficient (Wildman–Crippen LogP) is 1.14. The van der Waals surface area contributed by atoms with E-state index in [4.69, 9.17) is 5.11 Å². The molecule has 4 heteroatoms. The Morgan fingerprint density at radius 1 is 1.67 bits per heavy atom. The number of carboxylic acids is 1. The van der Waals surface area contributed by atoms with Gasteiger partial charge < -0.3 is 5.11 Å². The molecule has 72 valence electrons. The standard InChI is InChI=1S/C8H16FNO2/c1-3-7(2)10(5-4-9)6-8(11)12/h7H,3-6H2,1-2H3,(H,11,12). The van der Waals surface area contributed by atoms with Crippen molar-refractivity contribution in [2.24, 2.45) is 0 Å². The molecule has 0 aliphatic heterocycles. The largest absolute Gasteiger partial charge is 0.480 e. The van der Waals surface area contributed by atoms with Gasteiger partial charge in [0.15, 0.2) is 0 Å². The molecule has 0 aromatic carbocycles. The van der Waals surface area contributed by atoms with Crippen molar-refractivity contribution in [2.45, 2.75) is 26.3 Å². The summed E-state index contributed by atoms with van der Waals surface area (Å²) in [7, 11) is 0. The third kappa shape index (κ3) is 4.28. The summed E-state index contributed by atoms with van der Waals surface area (Å²) in [5.74, 6) is -0.899. The highest BCUT2D eigenvalue weighted by molar-refractivity contribution is 5.69. The van der Waals surface area contributed by atoms with Gasteiger partial charge in [-0.3, -0.25) is 9.69 Å². The fourth-order valence-corrected chi connectivity index (χ4v) is 0.996. The minimum Gasteiger partial charge on any atom is -0.480 e. The molecule has 0 aromatic heterocycles. The van der Waals surface area contributed by atoms with Crippen molar-refractivity contribution in [2.75, 3.05) is 19.8 Å². The quantitative estimate of drug-likeness (QED) is 0.661. The van der Waals surface area contributed by atoms with E-state index in [1.54, 1.807) is 4.90 Å². The summed E-state index contributed by atoms with van der Waals surface area (Å²) in [5.41, 5.74) is 0. The van der Waals surface area contributed by atoms with Crippen molar-refractivity contribution in [3.63, 3.8) is 0 Å². The summed E-state index contributed by atoms with van der Waals surface area (Å²) in [5, 5.41) is 8.49. The maximum absolute atomic E-state index is 12.0. The average molecular weight is 177 g/mol. The van der Waals surface area contributed by atoms with Crippen LogP contribution >= 0.6 is 0 Å². The summed E-state index contributed by atoms with van der Waals surface area (Å²) < 4.78 is 12.0. The third-order valence-corrected chi connectivity index (χ3v) is 1.92. The van der Waals surface area contributed by atoms with Crippen LogP contribution in [0.25, 0.3) is 0 Å². The zero-order valence-corrected chi connectivity index (χ0v) is 7.59. The van der Waals surface area contributed by atoms with E-state index in [0.29, 0.717) is 0 Å². The molecule has 0 saturated carbocycles. The molecule has 1 N–H and O–H groups in total. The van der Waals surface area contributed by atoms with Crippen LogP contribution in [0.15, 0.2) is 0 Å². The van der Waals surface area contributed by atoms with Gasteiger partial charge in [0, 0.05) is 12.6 Å². The molecule has 3 nitrogen and oxygen atoms in total. The van der Waals surface area contributed by atoms with E-state index in [-0.39, 0.29) is 19.1 Å². The van der Waals surface area contributed by atoms with Gasteiger partial charge in [-0.15, -0.1) is 0 Å². The number of hydrogen-bond donors (Lipinski definition) is 1. The highest BCUT2D eigenvalue weighted by Gasteiger charge is 2.14. The Hall–Kier alpha value is -0.640. The molecule has 0 bridgehead atoms. The first kappa shape index (κ1) is 11.4. The summed E-state index contributed by atoms with van der Waals surface area (Å²) in [6.45, 7) is 3.51. The number of nitrogens with zero attached hydrogens (tertiary/aromatic N) is 1. The van der Waals surface area contributed by atoms with Crippen LogP contribution in [-0.2, 0) is 4.79 Å². The Balaban J connectivity index is 3.93. The van der Waals surface area contributed by atoms with Crippen LogP contribution in [0.3, 0.4) is 0 Å². The number of aliphatic carboxylic acids is 1. The Kier molecular flexibility index (Phi) is 5.62. The Labute approximate surface area is 72.2 Å². The van der Waals surface area contributed by atoms with E-state index in [2.05, 4.69) is 0 Å². The van der Waals surface area contributed by atoms with E-state index in [9.17, 15) is 9.18 Å². The van der Waals surface area contributed by atoms with Crippen LogP contribution in [0.4, 0.5) is 4.39 Å². The minimum atomic E-state index is -0.899. The third-order valence-electron chi connectivity index (χ3n) is 1.92. The van der Waals surface area contributed by atoms with Gasteiger partial charge >= 0.3 is 5.97 Å². The number of carboxylic acid groups (broad SMARTS) is 1. The van der Waals surface area contributed by atoms with Crippen molar-refractivity contribution in [1.29, 1.82) is 0 Å². The molecule has 0 rings (SSSR count). The lowest BCUT2D eigenvalue weighted by Gasteiger charge is -2.24. The molecule has 1 atom stereocenters. The number of rotatable bonds is 6. The summed E-state index contributed by atoms with van der Waals surface area (Å²) >= 11 is 0. The van der Waals surface area contributed by atoms with Gasteiger partial charge in [-0.25, -0.2) is 4.39 Å². The van der Waals surface area contributed by atoms with Crippen LogP contribution in [0, 0.1) is 0 Å². The van der Waals surface area contributed by atoms with Crippen LogP contribution in [0.2, 0.25) is 0 Å². The van der Waals surface area contributed by atoms with Gasteiger partial charge in [0.05, 0.1) is 6.54 Å². The summed E-state index contributed by atoms with van der Waals surface area (Å²) in [6, 6.07) is 0.136. The molecule has 0 amide bonds. The molecule has 0 spiro atoms. The van der Waals surface area contributed by atoms with Gasteiger partial charge in [-0.05, 0) is 13.3 Å². The highest BCUT2D eigenvalue weighted by Crippen LogP contribution is 2.02. The Bertz CT molecular complexity index is 141. The Morgan fingerprint density at radius 2 is 2.25 bits per heavy atom. The van der Waals surface area contributed by atoms with Crippen molar-refractivity contribution in [3.05, 3.63) is 0 Å². The highest BCUT2D eigenvalue weighted by atomic mass is 19.1. The lowest BCUT2D eigenvalue weighted by Crippen LogP contribution is -2.38. The van der Waals surface area contributed by atoms with Gasteiger partial charge in [0.25, 0.3) is 0 Å². The lowest BCUT2D eigenvalue weighted by molar-refractivity contribution is -0.138. The minimum absolute atomic E-state index is 0.0705. The molecule has 0 fully saturated rings.